The smallest absolute Gasteiger partial charge is 0.330 e. The standard InChI is InChI=1S/C8H12BrF2NO/c9-8(10,11)7(13)3-4-12(5-7)6-1-2-6/h6,13H,1-5H2. The van der Waals surface area contributed by atoms with Crippen LogP contribution < -0.4 is 0 Å². The molecule has 5 heteroatoms. The molecule has 1 aliphatic heterocycles. The van der Waals surface area contributed by atoms with Gasteiger partial charge in [-0.2, -0.15) is 8.78 Å². The highest BCUT2D eigenvalue weighted by atomic mass is 79.9. The Hall–Kier alpha value is 0.260. The van der Waals surface area contributed by atoms with Crippen LogP contribution in [-0.2, 0) is 0 Å². The van der Waals surface area contributed by atoms with Gasteiger partial charge in [-0.25, -0.2) is 0 Å². The lowest BCUT2D eigenvalue weighted by molar-refractivity contribution is -0.107. The van der Waals surface area contributed by atoms with Crippen LogP contribution in [0.5, 0.6) is 0 Å². The Labute approximate surface area is 84.0 Å². The van der Waals surface area contributed by atoms with Crippen molar-refractivity contribution in [1.82, 2.24) is 4.90 Å². The topological polar surface area (TPSA) is 23.5 Å². The van der Waals surface area contributed by atoms with Gasteiger partial charge in [0.15, 0.2) is 5.60 Å². The summed E-state index contributed by atoms with van der Waals surface area (Å²) in [6.45, 7) is 0.679. The van der Waals surface area contributed by atoms with Gasteiger partial charge in [0, 0.05) is 19.1 Å². The highest BCUT2D eigenvalue weighted by molar-refractivity contribution is 9.10. The fourth-order valence-corrected chi connectivity index (χ4v) is 2.13. The predicted molar refractivity (Wildman–Crippen MR) is 48.0 cm³/mol. The minimum Gasteiger partial charge on any atom is -0.381 e. The molecule has 1 atom stereocenters. The first kappa shape index (κ1) is 9.80. The van der Waals surface area contributed by atoms with Gasteiger partial charge in [0.05, 0.1) is 0 Å². The third-order valence-corrected chi connectivity index (χ3v) is 3.61. The Morgan fingerprint density at radius 3 is 2.46 bits per heavy atom. The number of likely N-dealkylation sites (tertiary alicyclic amines) is 1. The summed E-state index contributed by atoms with van der Waals surface area (Å²) < 4.78 is 25.8. The fraction of sp³-hybridized carbons (Fsp3) is 1.00. The first-order chi connectivity index (χ1) is 5.92. The molecule has 76 valence electrons. The van der Waals surface area contributed by atoms with Crippen molar-refractivity contribution in [3.8, 4) is 0 Å². The lowest BCUT2D eigenvalue weighted by Crippen LogP contribution is -2.46. The van der Waals surface area contributed by atoms with Crippen LogP contribution in [-0.4, -0.2) is 39.6 Å². The molecule has 0 aromatic rings. The van der Waals surface area contributed by atoms with E-state index in [1.807, 2.05) is 4.90 Å². The first-order valence-corrected chi connectivity index (χ1v) is 5.25. The molecular weight excluding hydrogens is 244 g/mol. The van der Waals surface area contributed by atoms with Crippen molar-refractivity contribution in [3.05, 3.63) is 0 Å². The number of halogens is 3. The Morgan fingerprint density at radius 1 is 1.46 bits per heavy atom. The maximum Gasteiger partial charge on any atom is 0.330 e. The van der Waals surface area contributed by atoms with Gasteiger partial charge in [0.1, 0.15) is 0 Å². The molecule has 2 aliphatic rings. The average Bonchev–Trinajstić information content (AvgIpc) is 2.74. The summed E-state index contributed by atoms with van der Waals surface area (Å²) in [6.07, 6.45) is 2.33. The van der Waals surface area contributed by atoms with Gasteiger partial charge >= 0.3 is 4.83 Å². The van der Waals surface area contributed by atoms with Crippen molar-refractivity contribution < 1.29 is 13.9 Å². The SMILES string of the molecule is OC1(C(F)(F)Br)CCN(C2CC2)C1. The Bertz CT molecular complexity index is 217. The number of aliphatic hydroxyl groups is 1. The van der Waals surface area contributed by atoms with Gasteiger partial charge in [-0.05, 0) is 35.2 Å². The molecule has 0 aromatic carbocycles. The molecule has 0 aromatic heterocycles. The predicted octanol–water partition coefficient (Wildman–Crippen LogP) is 1.57. The van der Waals surface area contributed by atoms with Crippen LogP contribution in [0.15, 0.2) is 0 Å². The van der Waals surface area contributed by atoms with Gasteiger partial charge < -0.3 is 5.11 Å². The molecule has 1 heterocycles. The summed E-state index contributed by atoms with van der Waals surface area (Å²) in [4.78, 5) is -1.21. The molecule has 2 rings (SSSR count). The molecule has 0 bridgehead atoms. The first-order valence-electron chi connectivity index (χ1n) is 4.45. The zero-order valence-corrected chi connectivity index (χ0v) is 8.73. The van der Waals surface area contributed by atoms with E-state index in [2.05, 4.69) is 15.9 Å². The molecule has 1 unspecified atom stereocenters. The lowest BCUT2D eigenvalue weighted by Gasteiger charge is -2.27. The molecule has 1 aliphatic carbocycles. The fourth-order valence-electron chi connectivity index (χ4n) is 1.81. The monoisotopic (exact) mass is 255 g/mol. The van der Waals surface area contributed by atoms with E-state index in [4.69, 9.17) is 0 Å². The van der Waals surface area contributed by atoms with Gasteiger partial charge in [0.2, 0.25) is 0 Å². The molecule has 1 N–H and O–H groups in total. The van der Waals surface area contributed by atoms with E-state index in [-0.39, 0.29) is 13.0 Å². The van der Waals surface area contributed by atoms with Crippen LogP contribution in [0, 0.1) is 0 Å². The highest BCUT2D eigenvalue weighted by Gasteiger charge is 2.55. The molecule has 1 saturated carbocycles. The van der Waals surface area contributed by atoms with E-state index in [1.165, 1.54) is 0 Å². The molecule has 13 heavy (non-hydrogen) atoms. The number of hydrogen-bond acceptors (Lipinski definition) is 2. The lowest BCUT2D eigenvalue weighted by atomic mass is 10.1. The van der Waals surface area contributed by atoms with E-state index in [1.54, 1.807) is 0 Å². The highest BCUT2D eigenvalue weighted by Crippen LogP contribution is 2.43. The minimum atomic E-state index is -3.16. The molecule has 2 nitrogen and oxygen atoms in total. The maximum absolute atomic E-state index is 12.9. The van der Waals surface area contributed by atoms with E-state index in [0.29, 0.717) is 12.6 Å². The summed E-state index contributed by atoms with van der Waals surface area (Å²) in [7, 11) is 0. The largest absolute Gasteiger partial charge is 0.381 e. The Balaban J connectivity index is 2.02. The normalized spacial score (nSPS) is 36.9. The van der Waals surface area contributed by atoms with Crippen molar-refractivity contribution in [2.75, 3.05) is 13.1 Å². The van der Waals surface area contributed by atoms with E-state index in [9.17, 15) is 13.9 Å². The second kappa shape index (κ2) is 2.87. The summed E-state index contributed by atoms with van der Waals surface area (Å²) in [6, 6.07) is 0.448. The number of nitrogens with zero attached hydrogens (tertiary/aromatic N) is 1. The summed E-state index contributed by atoms with van der Waals surface area (Å²) in [5.41, 5.74) is -1.87. The molecule has 0 amide bonds. The third-order valence-electron chi connectivity index (χ3n) is 2.87. The van der Waals surface area contributed by atoms with Crippen molar-refractivity contribution >= 4 is 15.9 Å². The Kier molecular flexibility index (Phi) is 2.17. The zero-order valence-electron chi connectivity index (χ0n) is 7.14. The number of hydrogen-bond donors (Lipinski definition) is 1. The number of rotatable bonds is 2. The van der Waals surface area contributed by atoms with Gasteiger partial charge in [-0.15, -0.1) is 0 Å². The van der Waals surface area contributed by atoms with Crippen molar-refractivity contribution in [3.63, 3.8) is 0 Å². The number of β-amino-alcohol motifs (C(OH)–C–C–N with tert-alkyl or cyclic N) is 1. The van der Waals surface area contributed by atoms with Crippen LogP contribution in [0.3, 0.4) is 0 Å². The Morgan fingerprint density at radius 2 is 2.08 bits per heavy atom. The van der Waals surface area contributed by atoms with Crippen LogP contribution >= 0.6 is 15.9 Å². The third kappa shape index (κ3) is 1.74. The van der Waals surface area contributed by atoms with Gasteiger partial charge in [-0.1, -0.05) is 0 Å². The summed E-state index contributed by atoms with van der Waals surface area (Å²) >= 11 is 2.25. The van der Waals surface area contributed by atoms with Gasteiger partial charge in [0.25, 0.3) is 0 Å². The molecule has 1 saturated heterocycles. The van der Waals surface area contributed by atoms with Crippen LogP contribution in [0.4, 0.5) is 8.78 Å². The van der Waals surface area contributed by atoms with E-state index < -0.39 is 10.4 Å². The van der Waals surface area contributed by atoms with E-state index in [0.717, 1.165) is 12.8 Å². The molecular formula is C8H12BrF2NO. The number of alkyl halides is 3. The summed E-state index contributed by atoms with van der Waals surface area (Å²) in [5.74, 6) is 0. The zero-order chi connectivity index (χ0) is 9.69. The van der Waals surface area contributed by atoms with Crippen molar-refractivity contribution in [2.45, 2.75) is 35.7 Å². The van der Waals surface area contributed by atoms with Crippen LogP contribution in [0.2, 0.25) is 0 Å². The average molecular weight is 256 g/mol. The van der Waals surface area contributed by atoms with E-state index >= 15 is 0 Å². The van der Waals surface area contributed by atoms with Crippen LogP contribution in [0.25, 0.3) is 0 Å². The second-order valence-electron chi connectivity index (χ2n) is 3.98. The molecule has 2 fully saturated rings. The molecule has 0 spiro atoms. The van der Waals surface area contributed by atoms with Crippen molar-refractivity contribution in [2.24, 2.45) is 0 Å². The van der Waals surface area contributed by atoms with Crippen LogP contribution in [0.1, 0.15) is 19.3 Å². The van der Waals surface area contributed by atoms with Crippen molar-refractivity contribution in [1.29, 1.82) is 0 Å². The minimum absolute atomic E-state index is 0.0932. The maximum atomic E-state index is 12.9. The molecule has 0 radical (unpaired) electrons. The van der Waals surface area contributed by atoms with Gasteiger partial charge in [-0.3, -0.25) is 4.90 Å². The summed E-state index contributed by atoms with van der Waals surface area (Å²) in [5, 5.41) is 9.64. The quantitative estimate of drug-likeness (QED) is 0.758. The second-order valence-corrected chi connectivity index (χ2v) is 4.98.